The summed E-state index contributed by atoms with van der Waals surface area (Å²) < 4.78 is 15.5. The Bertz CT molecular complexity index is 1040. The number of rotatable bonds is 14. The molecule has 3 aliphatic carbocycles. The molecule has 0 unspecified atom stereocenters. The van der Waals surface area contributed by atoms with E-state index in [-0.39, 0.29) is 5.82 Å². The van der Waals surface area contributed by atoms with Crippen molar-refractivity contribution in [3.05, 3.63) is 70.5 Å². The van der Waals surface area contributed by atoms with Crippen LogP contribution in [0.25, 0.3) is 0 Å². The summed E-state index contributed by atoms with van der Waals surface area (Å²) in [6, 6.07) is 16.1. The predicted octanol–water partition coefficient (Wildman–Crippen LogP) is 13.8. The minimum Gasteiger partial charge on any atom is -0.207 e. The Morgan fingerprint density at radius 1 is 0.465 bits per heavy atom. The van der Waals surface area contributed by atoms with E-state index in [4.69, 9.17) is 0 Å². The molecule has 0 amide bonds. The summed E-state index contributed by atoms with van der Waals surface area (Å²) in [5.41, 5.74) is 5.34. The number of unbranched alkanes of at least 4 members (excludes halogenated alkanes) is 6. The Kier molecular flexibility index (Phi) is 13.1. The lowest BCUT2D eigenvalue weighted by atomic mass is 9.74. The van der Waals surface area contributed by atoms with Gasteiger partial charge in [-0.15, -0.1) is 0 Å². The maximum absolute atomic E-state index is 15.5. The molecule has 0 spiro atoms. The fraction of sp³-hybridized carbons (Fsp3) is 0.714. The van der Waals surface area contributed by atoms with Crippen molar-refractivity contribution in [2.75, 3.05) is 0 Å². The van der Waals surface area contributed by atoms with Crippen molar-refractivity contribution < 1.29 is 4.39 Å². The first-order valence-electron chi connectivity index (χ1n) is 19.0. The van der Waals surface area contributed by atoms with Crippen LogP contribution in [0.4, 0.5) is 4.39 Å². The third kappa shape index (κ3) is 9.43. The van der Waals surface area contributed by atoms with Gasteiger partial charge in [-0.25, -0.2) is 4.39 Å². The zero-order chi connectivity index (χ0) is 29.9. The van der Waals surface area contributed by atoms with Gasteiger partial charge in [-0.2, -0.15) is 0 Å². The van der Waals surface area contributed by atoms with Gasteiger partial charge >= 0.3 is 0 Å². The van der Waals surface area contributed by atoms with Crippen molar-refractivity contribution in [1.29, 1.82) is 0 Å². The lowest BCUT2D eigenvalue weighted by Crippen LogP contribution is -2.15. The molecule has 0 heterocycles. The molecule has 0 atom stereocenters. The van der Waals surface area contributed by atoms with E-state index in [1.807, 2.05) is 6.07 Å². The standard InChI is InChI=1S/C42H63F/c1-3-5-7-8-10-12-33-15-19-38(20-16-33)40-29-30-41(42(43)31-40)39-27-25-37(26-28-39)36-23-21-35(22-24-36)34-17-13-32(14-18-34)11-9-6-4-2/h21-24,29-34,37-39H,3-20,25-28H2,1-2H3. The van der Waals surface area contributed by atoms with Gasteiger partial charge in [-0.3, -0.25) is 0 Å². The van der Waals surface area contributed by atoms with Gasteiger partial charge in [0.1, 0.15) is 5.82 Å². The Balaban J connectivity index is 1.05. The first-order chi connectivity index (χ1) is 21.1. The fourth-order valence-corrected chi connectivity index (χ4v) is 9.19. The molecule has 238 valence electrons. The van der Waals surface area contributed by atoms with Crippen molar-refractivity contribution in [2.24, 2.45) is 11.8 Å². The Hall–Kier alpha value is -1.63. The van der Waals surface area contributed by atoms with Gasteiger partial charge in [0, 0.05) is 0 Å². The highest BCUT2D eigenvalue weighted by Gasteiger charge is 2.28. The van der Waals surface area contributed by atoms with Gasteiger partial charge in [0.2, 0.25) is 0 Å². The van der Waals surface area contributed by atoms with Crippen molar-refractivity contribution in [3.8, 4) is 0 Å². The van der Waals surface area contributed by atoms with E-state index in [9.17, 15) is 0 Å². The summed E-state index contributed by atoms with van der Waals surface area (Å²) >= 11 is 0. The molecule has 0 N–H and O–H groups in total. The summed E-state index contributed by atoms with van der Waals surface area (Å²) in [5, 5.41) is 0. The smallest absolute Gasteiger partial charge is 0.126 e. The molecular formula is C42H63F. The van der Waals surface area contributed by atoms with E-state index >= 15 is 4.39 Å². The predicted molar refractivity (Wildman–Crippen MR) is 184 cm³/mol. The molecule has 0 aliphatic heterocycles. The monoisotopic (exact) mass is 586 g/mol. The zero-order valence-corrected chi connectivity index (χ0v) is 27.9. The normalized spacial score (nSPS) is 28.2. The highest BCUT2D eigenvalue weighted by atomic mass is 19.1. The van der Waals surface area contributed by atoms with E-state index in [0.29, 0.717) is 17.8 Å². The summed E-state index contributed by atoms with van der Waals surface area (Å²) in [5.74, 6) is 4.34. The van der Waals surface area contributed by atoms with Crippen molar-refractivity contribution in [2.45, 2.75) is 179 Å². The molecular weight excluding hydrogens is 523 g/mol. The van der Waals surface area contributed by atoms with Crippen LogP contribution in [0.5, 0.6) is 0 Å². The van der Waals surface area contributed by atoms with Crippen LogP contribution in [0.15, 0.2) is 42.5 Å². The summed E-state index contributed by atoms with van der Waals surface area (Å²) in [6.45, 7) is 4.60. The maximum Gasteiger partial charge on any atom is 0.126 e. The molecule has 3 saturated carbocycles. The second-order valence-electron chi connectivity index (χ2n) is 15.1. The Morgan fingerprint density at radius 2 is 0.860 bits per heavy atom. The van der Waals surface area contributed by atoms with E-state index in [0.717, 1.165) is 36.2 Å². The topological polar surface area (TPSA) is 0 Å². The van der Waals surface area contributed by atoms with Crippen LogP contribution in [-0.4, -0.2) is 0 Å². The maximum atomic E-state index is 15.5. The van der Waals surface area contributed by atoms with Crippen molar-refractivity contribution in [3.63, 3.8) is 0 Å². The van der Waals surface area contributed by atoms with Crippen LogP contribution >= 0.6 is 0 Å². The second kappa shape index (κ2) is 17.2. The first kappa shape index (κ1) is 32.8. The van der Waals surface area contributed by atoms with Crippen LogP contribution in [0.2, 0.25) is 0 Å². The molecule has 0 saturated heterocycles. The summed E-state index contributed by atoms with van der Waals surface area (Å²) in [7, 11) is 0. The average Bonchev–Trinajstić information content (AvgIpc) is 3.06. The zero-order valence-electron chi connectivity index (χ0n) is 27.9. The number of hydrogen-bond acceptors (Lipinski definition) is 0. The SMILES string of the molecule is CCCCCCCC1CCC(c2ccc(C3CCC(c4ccc(C5CCC(CCCCC)CC5)cc4)CC3)c(F)c2)CC1. The van der Waals surface area contributed by atoms with Crippen LogP contribution < -0.4 is 0 Å². The van der Waals surface area contributed by atoms with Crippen LogP contribution in [0, 0.1) is 17.7 Å². The molecule has 5 rings (SSSR count). The molecule has 0 radical (unpaired) electrons. The van der Waals surface area contributed by atoms with Gasteiger partial charge < -0.3 is 0 Å². The minimum atomic E-state index is 0.0726. The minimum absolute atomic E-state index is 0.0726. The molecule has 3 aliphatic rings. The highest BCUT2D eigenvalue weighted by Crippen LogP contribution is 2.44. The quantitative estimate of drug-likeness (QED) is 0.193. The molecule has 3 fully saturated rings. The highest BCUT2D eigenvalue weighted by molar-refractivity contribution is 5.32. The molecule has 2 aromatic rings. The van der Waals surface area contributed by atoms with Crippen LogP contribution in [0.1, 0.15) is 201 Å². The van der Waals surface area contributed by atoms with Crippen molar-refractivity contribution in [1.82, 2.24) is 0 Å². The van der Waals surface area contributed by atoms with E-state index in [1.54, 1.807) is 5.56 Å². The van der Waals surface area contributed by atoms with Crippen LogP contribution in [-0.2, 0) is 0 Å². The van der Waals surface area contributed by atoms with E-state index in [2.05, 4.69) is 50.2 Å². The second-order valence-corrected chi connectivity index (χ2v) is 15.1. The van der Waals surface area contributed by atoms with Gasteiger partial charge in [0.05, 0.1) is 0 Å². The molecule has 2 aromatic carbocycles. The summed E-state index contributed by atoms with van der Waals surface area (Å²) in [4.78, 5) is 0. The fourth-order valence-electron chi connectivity index (χ4n) is 9.19. The third-order valence-electron chi connectivity index (χ3n) is 12.2. The lowest BCUT2D eigenvalue weighted by Gasteiger charge is -2.31. The molecule has 0 bridgehead atoms. The van der Waals surface area contributed by atoms with Gasteiger partial charge in [-0.05, 0) is 141 Å². The van der Waals surface area contributed by atoms with Crippen molar-refractivity contribution >= 4 is 0 Å². The Morgan fingerprint density at radius 3 is 1.37 bits per heavy atom. The molecule has 0 nitrogen and oxygen atoms in total. The number of benzene rings is 2. The van der Waals surface area contributed by atoms with E-state index in [1.165, 1.54) is 140 Å². The average molecular weight is 587 g/mol. The van der Waals surface area contributed by atoms with Gasteiger partial charge in [0.25, 0.3) is 0 Å². The largest absolute Gasteiger partial charge is 0.207 e. The molecule has 0 aromatic heterocycles. The Labute approximate surface area is 265 Å². The number of hydrogen-bond donors (Lipinski definition) is 0. The lowest BCUT2D eigenvalue weighted by molar-refractivity contribution is 0.301. The molecule has 43 heavy (non-hydrogen) atoms. The number of halogens is 1. The summed E-state index contributed by atoms with van der Waals surface area (Å²) in [6.07, 6.45) is 29.4. The first-order valence-corrected chi connectivity index (χ1v) is 19.0. The van der Waals surface area contributed by atoms with Gasteiger partial charge in [0.15, 0.2) is 0 Å². The third-order valence-corrected chi connectivity index (χ3v) is 12.2. The molecule has 1 heteroatoms. The van der Waals surface area contributed by atoms with E-state index < -0.39 is 0 Å². The van der Waals surface area contributed by atoms with Gasteiger partial charge in [-0.1, -0.05) is 114 Å². The van der Waals surface area contributed by atoms with Crippen LogP contribution in [0.3, 0.4) is 0 Å².